The van der Waals surface area contributed by atoms with E-state index in [-0.39, 0.29) is 5.41 Å². The van der Waals surface area contributed by atoms with Gasteiger partial charge < -0.3 is 10.6 Å². The first kappa shape index (κ1) is 17.4. The lowest BCUT2D eigenvalue weighted by Crippen LogP contribution is -2.41. The van der Waals surface area contributed by atoms with Gasteiger partial charge in [0, 0.05) is 28.4 Å². The summed E-state index contributed by atoms with van der Waals surface area (Å²) in [6.45, 7) is 5.77. The van der Waals surface area contributed by atoms with Crippen LogP contribution >= 0.6 is 27.3 Å². The van der Waals surface area contributed by atoms with Gasteiger partial charge in [-0.25, -0.2) is 4.98 Å². The van der Waals surface area contributed by atoms with Gasteiger partial charge in [-0.2, -0.15) is 0 Å². The van der Waals surface area contributed by atoms with E-state index in [1.165, 1.54) is 27.8 Å². The number of hydrogen-bond acceptors (Lipinski definition) is 3. The van der Waals surface area contributed by atoms with Crippen molar-refractivity contribution in [3.05, 3.63) is 49.9 Å². The molecular weight excluding hydrogens is 384 g/mol. The Kier molecular flexibility index (Phi) is 5.25. The van der Waals surface area contributed by atoms with Gasteiger partial charge in [0.05, 0.1) is 12.2 Å². The highest BCUT2D eigenvalue weighted by Crippen LogP contribution is 2.49. The molecule has 3 rings (SSSR count). The van der Waals surface area contributed by atoms with E-state index in [0.29, 0.717) is 6.54 Å². The molecule has 24 heavy (non-hydrogen) atoms. The van der Waals surface area contributed by atoms with E-state index in [1.807, 2.05) is 7.05 Å². The zero-order valence-corrected chi connectivity index (χ0v) is 16.7. The first-order valence-corrected chi connectivity index (χ1v) is 9.77. The Morgan fingerprint density at radius 3 is 2.62 bits per heavy atom. The summed E-state index contributed by atoms with van der Waals surface area (Å²) in [4.78, 5) is 10.2. The van der Waals surface area contributed by atoms with Crippen molar-refractivity contribution >= 4 is 33.2 Å². The van der Waals surface area contributed by atoms with Gasteiger partial charge in [0.25, 0.3) is 0 Å². The number of nitrogens with zero attached hydrogens (tertiary/aromatic N) is 2. The lowest BCUT2D eigenvalue weighted by molar-refractivity contribution is 0.643. The second-order valence-electron chi connectivity index (χ2n) is 6.29. The molecule has 4 nitrogen and oxygen atoms in total. The summed E-state index contributed by atoms with van der Waals surface area (Å²) >= 11 is 5.43. The van der Waals surface area contributed by atoms with Crippen molar-refractivity contribution in [3.8, 4) is 0 Å². The summed E-state index contributed by atoms with van der Waals surface area (Å²) in [5.41, 5.74) is 2.73. The SMILES string of the molecule is CN=C(NCc1nc(C)c(C)s1)NCC1(c2ccccc2Br)CC1. The second-order valence-corrected chi connectivity index (χ2v) is 8.43. The maximum atomic E-state index is 4.56. The van der Waals surface area contributed by atoms with E-state index >= 15 is 0 Å². The molecule has 6 heteroatoms. The molecule has 0 saturated heterocycles. The standard InChI is InChI=1S/C18H23BrN4S/c1-12-13(2)24-16(23-12)10-21-17(20-3)22-11-18(8-9-18)14-6-4-5-7-15(14)19/h4-7H,8-11H2,1-3H3,(H2,20,21,22). The van der Waals surface area contributed by atoms with Crippen LogP contribution < -0.4 is 10.6 Å². The van der Waals surface area contributed by atoms with E-state index in [2.05, 4.69) is 74.7 Å². The largest absolute Gasteiger partial charge is 0.356 e. The number of nitrogens with one attached hydrogen (secondary N) is 2. The predicted molar refractivity (Wildman–Crippen MR) is 105 cm³/mol. The molecule has 0 radical (unpaired) electrons. The van der Waals surface area contributed by atoms with Crippen molar-refractivity contribution in [3.63, 3.8) is 0 Å². The van der Waals surface area contributed by atoms with Crippen molar-refractivity contribution in [1.29, 1.82) is 0 Å². The summed E-state index contributed by atoms with van der Waals surface area (Å²) in [5.74, 6) is 0.832. The van der Waals surface area contributed by atoms with Crippen LogP contribution in [0.5, 0.6) is 0 Å². The molecule has 0 spiro atoms. The number of hydrogen-bond donors (Lipinski definition) is 2. The lowest BCUT2D eigenvalue weighted by atomic mass is 9.96. The van der Waals surface area contributed by atoms with Crippen LogP contribution in [0.25, 0.3) is 0 Å². The van der Waals surface area contributed by atoms with Crippen molar-refractivity contribution < 1.29 is 0 Å². The average molecular weight is 407 g/mol. The minimum Gasteiger partial charge on any atom is -0.356 e. The van der Waals surface area contributed by atoms with Crippen LogP contribution in [0.4, 0.5) is 0 Å². The van der Waals surface area contributed by atoms with Crippen molar-refractivity contribution in [2.24, 2.45) is 4.99 Å². The van der Waals surface area contributed by atoms with Gasteiger partial charge in [0.15, 0.2) is 5.96 Å². The zero-order chi connectivity index (χ0) is 17.2. The van der Waals surface area contributed by atoms with Crippen molar-refractivity contribution in [1.82, 2.24) is 15.6 Å². The molecule has 0 bridgehead atoms. The first-order valence-electron chi connectivity index (χ1n) is 8.16. The van der Waals surface area contributed by atoms with Crippen LogP contribution in [-0.4, -0.2) is 24.5 Å². The minimum atomic E-state index is 0.228. The van der Waals surface area contributed by atoms with E-state index in [1.54, 1.807) is 11.3 Å². The Hall–Kier alpha value is -1.40. The van der Waals surface area contributed by atoms with Crippen LogP contribution in [0.1, 0.15) is 34.0 Å². The zero-order valence-electron chi connectivity index (χ0n) is 14.3. The molecule has 1 aliphatic carbocycles. The summed E-state index contributed by atoms with van der Waals surface area (Å²) in [5, 5.41) is 7.95. The van der Waals surface area contributed by atoms with Crippen molar-refractivity contribution in [2.75, 3.05) is 13.6 Å². The topological polar surface area (TPSA) is 49.3 Å². The van der Waals surface area contributed by atoms with Gasteiger partial charge in [-0.15, -0.1) is 11.3 Å². The highest BCUT2D eigenvalue weighted by molar-refractivity contribution is 9.10. The lowest BCUT2D eigenvalue weighted by Gasteiger charge is -2.20. The molecule has 1 heterocycles. The van der Waals surface area contributed by atoms with Gasteiger partial charge in [-0.05, 0) is 38.3 Å². The quantitative estimate of drug-likeness (QED) is 0.584. The first-order chi connectivity index (χ1) is 11.5. The number of aryl methyl sites for hydroxylation is 2. The van der Waals surface area contributed by atoms with Gasteiger partial charge in [0.2, 0.25) is 0 Å². The summed E-state index contributed by atoms with van der Waals surface area (Å²) in [7, 11) is 1.81. The number of guanidine groups is 1. The Bertz CT molecular complexity index is 730. The third-order valence-electron chi connectivity index (χ3n) is 4.60. The van der Waals surface area contributed by atoms with Crippen LogP contribution in [-0.2, 0) is 12.0 Å². The molecule has 1 aromatic heterocycles. The van der Waals surface area contributed by atoms with Crippen molar-refractivity contribution in [2.45, 2.75) is 38.6 Å². The summed E-state index contributed by atoms with van der Waals surface area (Å²) in [6, 6.07) is 8.52. The molecule has 0 unspecified atom stereocenters. The fourth-order valence-electron chi connectivity index (χ4n) is 2.83. The van der Waals surface area contributed by atoms with Crippen LogP contribution in [0.3, 0.4) is 0 Å². The number of benzene rings is 1. The molecule has 1 saturated carbocycles. The number of aromatic nitrogens is 1. The number of aliphatic imine (C=N–C) groups is 1. The maximum absolute atomic E-state index is 4.56. The molecular formula is C18H23BrN4S. The smallest absolute Gasteiger partial charge is 0.191 e. The molecule has 128 valence electrons. The Morgan fingerprint density at radius 2 is 2.04 bits per heavy atom. The number of rotatable bonds is 5. The van der Waals surface area contributed by atoms with Crippen LogP contribution in [0, 0.1) is 13.8 Å². The van der Waals surface area contributed by atoms with Gasteiger partial charge in [-0.1, -0.05) is 34.1 Å². The highest BCUT2D eigenvalue weighted by atomic mass is 79.9. The second kappa shape index (κ2) is 7.23. The summed E-state index contributed by atoms with van der Waals surface area (Å²) < 4.78 is 1.20. The van der Waals surface area contributed by atoms with E-state index in [4.69, 9.17) is 0 Å². The van der Waals surface area contributed by atoms with Crippen LogP contribution in [0.2, 0.25) is 0 Å². The molecule has 0 aliphatic heterocycles. The third-order valence-corrected chi connectivity index (χ3v) is 6.36. The molecule has 2 N–H and O–H groups in total. The Labute approximate surface area is 155 Å². The summed E-state index contributed by atoms with van der Waals surface area (Å²) in [6.07, 6.45) is 2.43. The fraction of sp³-hybridized carbons (Fsp3) is 0.444. The average Bonchev–Trinajstić information content (AvgIpc) is 3.28. The molecule has 1 fully saturated rings. The van der Waals surface area contributed by atoms with Gasteiger partial charge in [-0.3, -0.25) is 4.99 Å². The predicted octanol–water partition coefficient (Wildman–Crippen LogP) is 3.92. The molecule has 0 atom stereocenters. The maximum Gasteiger partial charge on any atom is 0.191 e. The van der Waals surface area contributed by atoms with E-state index in [9.17, 15) is 0 Å². The molecule has 2 aromatic rings. The van der Waals surface area contributed by atoms with Gasteiger partial charge in [0.1, 0.15) is 5.01 Å². The highest BCUT2D eigenvalue weighted by Gasteiger charge is 2.45. The molecule has 1 aromatic carbocycles. The molecule has 1 aliphatic rings. The molecule has 0 amide bonds. The monoisotopic (exact) mass is 406 g/mol. The number of thiazole rings is 1. The Balaban J connectivity index is 1.57. The third kappa shape index (κ3) is 3.81. The normalized spacial score (nSPS) is 16.1. The van der Waals surface area contributed by atoms with Gasteiger partial charge >= 0.3 is 0 Å². The fourth-order valence-corrected chi connectivity index (χ4v) is 4.41. The van der Waals surface area contributed by atoms with Crippen LogP contribution in [0.15, 0.2) is 33.7 Å². The number of halogens is 1. The Morgan fingerprint density at radius 1 is 1.29 bits per heavy atom. The minimum absolute atomic E-state index is 0.228. The van der Waals surface area contributed by atoms with E-state index < -0.39 is 0 Å². The van der Waals surface area contributed by atoms with E-state index in [0.717, 1.165) is 23.2 Å².